The Bertz CT molecular complexity index is 481. The maximum atomic E-state index is 12.7. The minimum atomic E-state index is -0.268. The molecule has 0 spiro atoms. The standard InChI is InChI=1S/C16H23BrN2O/c1-11(2)16(8-9-18-10-16)15(20)19-12(3)13-6-4-5-7-14(13)17/h4-7,11-12,18H,8-10H2,1-3H3,(H,19,20)/t12-,16?/m1/s1. The van der Waals surface area contributed by atoms with Crippen LogP contribution in [0.15, 0.2) is 28.7 Å². The minimum Gasteiger partial charge on any atom is -0.349 e. The molecule has 2 N–H and O–H groups in total. The SMILES string of the molecule is CC(C)C1(C(=O)N[C@H](C)c2ccccc2Br)CCNC1. The van der Waals surface area contributed by atoms with E-state index in [1.807, 2.05) is 31.2 Å². The van der Waals surface area contributed by atoms with Crippen LogP contribution in [-0.2, 0) is 4.79 Å². The predicted octanol–water partition coefficient (Wildman–Crippen LogP) is 3.26. The van der Waals surface area contributed by atoms with Crippen molar-refractivity contribution in [2.75, 3.05) is 13.1 Å². The molecule has 0 aliphatic carbocycles. The van der Waals surface area contributed by atoms with Gasteiger partial charge in [-0.25, -0.2) is 0 Å². The number of hydrogen-bond acceptors (Lipinski definition) is 2. The van der Waals surface area contributed by atoms with E-state index in [9.17, 15) is 4.79 Å². The fourth-order valence-electron chi connectivity index (χ4n) is 2.90. The summed E-state index contributed by atoms with van der Waals surface area (Å²) < 4.78 is 1.04. The number of nitrogens with one attached hydrogen (secondary N) is 2. The zero-order chi connectivity index (χ0) is 14.8. The maximum Gasteiger partial charge on any atom is 0.228 e. The molecule has 1 heterocycles. The van der Waals surface area contributed by atoms with Gasteiger partial charge >= 0.3 is 0 Å². The molecule has 0 bridgehead atoms. The Hall–Kier alpha value is -0.870. The van der Waals surface area contributed by atoms with Crippen LogP contribution in [0.5, 0.6) is 0 Å². The van der Waals surface area contributed by atoms with Crippen molar-refractivity contribution >= 4 is 21.8 Å². The number of amides is 1. The van der Waals surface area contributed by atoms with Gasteiger partial charge in [0.2, 0.25) is 5.91 Å². The van der Waals surface area contributed by atoms with Crippen molar-refractivity contribution in [1.82, 2.24) is 10.6 Å². The minimum absolute atomic E-state index is 0.00861. The Morgan fingerprint density at radius 2 is 2.05 bits per heavy atom. The highest BCUT2D eigenvalue weighted by atomic mass is 79.9. The number of rotatable bonds is 4. The van der Waals surface area contributed by atoms with Crippen LogP contribution in [-0.4, -0.2) is 19.0 Å². The predicted molar refractivity (Wildman–Crippen MR) is 85.5 cm³/mol. The van der Waals surface area contributed by atoms with Crippen LogP contribution >= 0.6 is 15.9 Å². The van der Waals surface area contributed by atoms with Crippen molar-refractivity contribution in [3.63, 3.8) is 0 Å². The summed E-state index contributed by atoms with van der Waals surface area (Å²) in [6.45, 7) is 8.01. The first-order valence-electron chi connectivity index (χ1n) is 7.23. The molecule has 3 nitrogen and oxygen atoms in total. The molecule has 2 rings (SSSR count). The molecule has 20 heavy (non-hydrogen) atoms. The van der Waals surface area contributed by atoms with Gasteiger partial charge in [0.05, 0.1) is 11.5 Å². The van der Waals surface area contributed by atoms with Crippen molar-refractivity contribution in [3.8, 4) is 0 Å². The van der Waals surface area contributed by atoms with E-state index in [1.165, 1.54) is 0 Å². The van der Waals surface area contributed by atoms with Crippen LogP contribution < -0.4 is 10.6 Å². The number of benzene rings is 1. The second-order valence-electron chi connectivity index (χ2n) is 5.95. The van der Waals surface area contributed by atoms with E-state index in [-0.39, 0.29) is 17.4 Å². The van der Waals surface area contributed by atoms with E-state index in [0.29, 0.717) is 5.92 Å². The maximum absolute atomic E-state index is 12.7. The highest BCUT2D eigenvalue weighted by Gasteiger charge is 2.44. The van der Waals surface area contributed by atoms with Crippen LogP contribution in [0, 0.1) is 11.3 Å². The van der Waals surface area contributed by atoms with Crippen LogP contribution in [0.25, 0.3) is 0 Å². The van der Waals surface area contributed by atoms with Crippen molar-refractivity contribution in [2.45, 2.75) is 33.2 Å². The fourth-order valence-corrected chi connectivity index (χ4v) is 3.53. The Morgan fingerprint density at radius 1 is 1.35 bits per heavy atom. The first-order valence-corrected chi connectivity index (χ1v) is 8.03. The number of carbonyl (C=O) groups excluding carboxylic acids is 1. The molecular weight excluding hydrogens is 316 g/mol. The second-order valence-corrected chi connectivity index (χ2v) is 6.81. The van der Waals surface area contributed by atoms with Gasteiger partial charge < -0.3 is 10.6 Å². The highest BCUT2D eigenvalue weighted by Crippen LogP contribution is 2.35. The second kappa shape index (κ2) is 6.27. The zero-order valence-corrected chi connectivity index (χ0v) is 14.0. The molecule has 110 valence electrons. The smallest absolute Gasteiger partial charge is 0.228 e. The lowest BCUT2D eigenvalue weighted by atomic mass is 9.75. The van der Waals surface area contributed by atoms with Crippen molar-refractivity contribution in [1.29, 1.82) is 0 Å². The normalized spacial score (nSPS) is 23.9. The van der Waals surface area contributed by atoms with Crippen LogP contribution in [0.3, 0.4) is 0 Å². The first kappa shape index (κ1) is 15.5. The van der Waals surface area contributed by atoms with Crippen LogP contribution in [0.2, 0.25) is 0 Å². The molecule has 1 amide bonds. The van der Waals surface area contributed by atoms with E-state index in [1.54, 1.807) is 0 Å². The van der Waals surface area contributed by atoms with E-state index in [0.717, 1.165) is 29.5 Å². The lowest BCUT2D eigenvalue weighted by Crippen LogP contribution is -2.46. The topological polar surface area (TPSA) is 41.1 Å². The molecule has 1 aliphatic rings. The van der Waals surface area contributed by atoms with E-state index >= 15 is 0 Å². The molecule has 1 saturated heterocycles. The third-order valence-corrected chi connectivity index (χ3v) is 5.19. The summed E-state index contributed by atoms with van der Waals surface area (Å²) in [4.78, 5) is 12.7. The van der Waals surface area contributed by atoms with Gasteiger partial charge in [0.15, 0.2) is 0 Å². The third kappa shape index (κ3) is 2.91. The van der Waals surface area contributed by atoms with Gasteiger partial charge in [-0.3, -0.25) is 4.79 Å². The Kier molecular flexibility index (Phi) is 4.86. The molecule has 0 aromatic heterocycles. The average molecular weight is 339 g/mol. The monoisotopic (exact) mass is 338 g/mol. The molecule has 1 fully saturated rings. The average Bonchev–Trinajstić information content (AvgIpc) is 2.89. The number of carbonyl (C=O) groups is 1. The van der Waals surface area contributed by atoms with Gasteiger partial charge in [-0.1, -0.05) is 48.0 Å². The van der Waals surface area contributed by atoms with Gasteiger partial charge in [-0.05, 0) is 37.4 Å². The molecule has 4 heteroatoms. The first-order chi connectivity index (χ1) is 9.47. The largest absolute Gasteiger partial charge is 0.349 e. The summed E-state index contributed by atoms with van der Waals surface area (Å²) in [5.74, 6) is 0.504. The van der Waals surface area contributed by atoms with Gasteiger partial charge in [0.25, 0.3) is 0 Å². The summed E-state index contributed by atoms with van der Waals surface area (Å²) in [6.07, 6.45) is 0.916. The van der Waals surface area contributed by atoms with E-state index in [2.05, 4.69) is 40.4 Å². The van der Waals surface area contributed by atoms with E-state index in [4.69, 9.17) is 0 Å². The molecule has 1 aliphatic heterocycles. The lowest BCUT2D eigenvalue weighted by Gasteiger charge is -2.32. The highest BCUT2D eigenvalue weighted by molar-refractivity contribution is 9.10. The summed E-state index contributed by atoms with van der Waals surface area (Å²) >= 11 is 3.55. The lowest BCUT2D eigenvalue weighted by molar-refractivity contribution is -0.133. The van der Waals surface area contributed by atoms with Crippen LogP contribution in [0.4, 0.5) is 0 Å². The molecule has 1 aromatic carbocycles. The Balaban J connectivity index is 2.13. The van der Waals surface area contributed by atoms with E-state index < -0.39 is 0 Å². The van der Waals surface area contributed by atoms with Crippen molar-refractivity contribution in [2.24, 2.45) is 11.3 Å². The van der Waals surface area contributed by atoms with Crippen LogP contribution in [0.1, 0.15) is 38.8 Å². The Morgan fingerprint density at radius 3 is 2.60 bits per heavy atom. The third-order valence-electron chi connectivity index (χ3n) is 4.47. The number of hydrogen-bond donors (Lipinski definition) is 2. The molecule has 2 atom stereocenters. The van der Waals surface area contributed by atoms with Gasteiger partial charge in [-0.15, -0.1) is 0 Å². The van der Waals surface area contributed by atoms with Gasteiger partial charge in [-0.2, -0.15) is 0 Å². The summed E-state index contributed by atoms with van der Waals surface area (Å²) in [5, 5.41) is 6.52. The summed E-state index contributed by atoms with van der Waals surface area (Å²) in [7, 11) is 0. The van der Waals surface area contributed by atoms with Crippen molar-refractivity contribution < 1.29 is 4.79 Å². The molecule has 1 aromatic rings. The summed E-state index contributed by atoms with van der Waals surface area (Å²) in [5.41, 5.74) is 0.848. The molecular formula is C16H23BrN2O. The zero-order valence-electron chi connectivity index (χ0n) is 12.4. The number of halogens is 1. The molecule has 1 unspecified atom stereocenters. The van der Waals surface area contributed by atoms with Crippen molar-refractivity contribution in [3.05, 3.63) is 34.3 Å². The quantitative estimate of drug-likeness (QED) is 0.884. The van der Waals surface area contributed by atoms with Gasteiger partial charge in [0, 0.05) is 11.0 Å². The molecule has 0 saturated carbocycles. The Labute approximate surface area is 129 Å². The molecule has 0 radical (unpaired) electrons. The summed E-state index contributed by atoms with van der Waals surface area (Å²) in [6, 6.07) is 8.04. The van der Waals surface area contributed by atoms with Gasteiger partial charge in [0.1, 0.15) is 0 Å². The fraction of sp³-hybridized carbons (Fsp3) is 0.562.